The summed E-state index contributed by atoms with van der Waals surface area (Å²) >= 11 is 1.50. The molecule has 1 aromatic heterocycles. The van der Waals surface area contributed by atoms with Gasteiger partial charge < -0.3 is 15.0 Å². The summed E-state index contributed by atoms with van der Waals surface area (Å²) in [5.74, 6) is -2.18. The van der Waals surface area contributed by atoms with Gasteiger partial charge in [-0.2, -0.15) is 0 Å². The number of carbonyl (C=O) groups is 3. The molecule has 3 aromatic rings. The summed E-state index contributed by atoms with van der Waals surface area (Å²) in [5.41, 5.74) is 0.450. The summed E-state index contributed by atoms with van der Waals surface area (Å²) in [5, 5.41) is 14.9. The van der Waals surface area contributed by atoms with Crippen LogP contribution in [0, 0.1) is 10.1 Å². The van der Waals surface area contributed by atoms with Crippen molar-refractivity contribution in [3.8, 4) is 0 Å². The van der Waals surface area contributed by atoms with Gasteiger partial charge in [-0.05, 0) is 31.2 Å². The molecule has 34 heavy (non-hydrogen) atoms. The highest BCUT2D eigenvalue weighted by atomic mass is 32.1. The van der Waals surface area contributed by atoms with E-state index in [9.17, 15) is 24.5 Å². The molecule has 0 bridgehead atoms. The van der Waals surface area contributed by atoms with E-state index in [1.165, 1.54) is 30.4 Å². The lowest BCUT2D eigenvalue weighted by molar-refractivity contribution is -0.385. The minimum absolute atomic E-state index is 0.0828. The van der Waals surface area contributed by atoms with E-state index in [2.05, 4.69) is 15.2 Å². The third-order valence-electron chi connectivity index (χ3n) is 5.81. The fourth-order valence-electron chi connectivity index (χ4n) is 4.03. The number of imide groups is 1. The number of carbonyl (C=O) groups excluding carboxylic acids is 3. The lowest BCUT2D eigenvalue weighted by Gasteiger charge is -2.25. The Morgan fingerprint density at radius 3 is 2.71 bits per heavy atom. The Morgan fingerprint density at radius 2 is 1.97 bits per heavy atom. The number of nitro benzene ring substituents is 1. The van der Waals surface area contributed by atoms with E-state index >= 15 is 0 Å². The quantitative estimate of drug-likeness (QED) is 0.334. The van der Waals surface area contributed by atoms with Crippen LogP contribution >= 0.6 is 11.3 Å². The van der Waals surface area contributed by atoms with E-state index in [4.69, 9.17) is 4.74 Å². The molecule has 2 aliphatic rings. The number of nitro groups is 1. The van der Waals surface area contributed by atoms with E-state index in [0.29, 0.717) is 18.9 Å². The van der Waals surface area contributed by atoms with Gasteiger partial charge in [0.25, 0.3) is 17.5 Å². The third-order valence-corrected chi connectivity index (χ3v) is 6.89. The van der Waals surface area contributed by atoms with Gasteiger partial charge in [-0.1, -0.05) is 17.4 Å². The van der Waals surface area contributed by atoms with Crippen molar-refractivity contribution in [3.63, 3.8) is 0 Å². The van der Waals surface area contributed by atoms with Gasteiger partial charge in [0.2, 0.25) is 5.91 Å². The number of fused-ring (bicyclic) bond motifs is 2. The highest BCUT2D eigenvalue weighted by Crippen LogP contribution is 2.33. The molecule has 1 saturated heterocycles. The average molecular weight is 481 g/mol. The molecule has 0 radical (unpaired) electrons. The average Bonchev–Trinajstić information content (AvgIpc) is 3.37. The zero-order chi connectivity index (χ0) is 24.0. The zero-order valence-electron chi connectivity index (χ0n) is 18.0. The predicted molar refractivity (Wildman–Crippen MR) is 124 cm³/mol. The summed E-state index contributed by atoms with van der Waals surface area (Å²) in [4.78, 5) is 56.7. The van der Waals surface area contributed by atoms with Gasteiger partial charge in [0.15, 0.2) is 5.13 Å². The molecule has 3 amide bonds. The number of anilines is 2. The molecular formula is C22H19N5O6S. The number of ether oxygens (including phenoxy) is 1. The molecule has 0 saturated carbocycles. The van der Waals surface area contributed by atoms with Crippen LogP contribution < -0.4 is 10.2 Å². The minimum Gasteiger partial charge on any atom is -0.378 e. The van der Waals surface area contributed by atoms with Crippen molar-refractivity contribution >= 4 is 55.8 Å². The second-order valence-electron chi connectivity index (χ2n) is 7.88. The number of rotatable bonds is 5. The Balaban J connectivity index is 1.35. The maximum absolute atomic E-state index is 12.9. The number of morpholine rings is 1. The summed E-state index contributed by atoms with van der Waals surface area (Å²) in [6, 6.07) is 7.95. The fraction of sp³-hybridized carbons (Fsp3) is 0.273. The monoisotopic (exact) mass is 481 g/mol. The molecular weight excluding hydrogens is 462 g/mol. The molecule has 2 aliphatic heterocycles. The maximum Gasteiger partial charge on any atom is 0.282 e. The van der Waals surface area contributed by atoms with Crippen LogP contribution in [0.3, 0.4) is 0 Å². The first-order chi connectivity index (χ1) is 16.3. The van der Waals surface area contributed by atoms with Crippen molar-refractivity contribution in [2.45, 2.75) is 13.0 Å². The summed E-state index contributed by atoms with van der Waals surface area (Å²) < 4.78 is 6.26. The van der Waals surface area contributed by atoms with E-state index in [0.717, 1.165) is 39.4 Å². The first-order valence-corrected chi connectivity index (χ1v) is 11.4. The molecule has 2 aromatic carbocycles. The first-order valence-electron chi connectivity index (χ1n) is 10.5. The lowest BCUT2D eigenvalue weighted by atomic mass is 10.1. The molecule has 11 nitrogen and oxygen atoms in total. The van der Waals surface area contributed by atoms with Crippen molar-refractivity contribution in [1.82, 2.24) is 9.88 Å². The lowest BCUT2D eigenvalue weighted by Crippen LogP contribution is -2.45. The topological polar surface area (TPSA) is 135 Å². The molecule has 1 fully saturated rings. The fourth-order valence-corrected chi connectivity index (χ4v) is 5.09. The molecule has 174 valence electrons. The van der Waals surface area contributed by atoms with Crippen molar-refractivity contribution < 1.29 is 24.0 Å². The smallest absolute Gasteiger partial charge is 0.282 e. The Kier molecular flexibility index (Phi) is 5.46. The summed E-state index contributed by atoms with van der Waals surface area (Å²) in [6.07, 6.45) is 0. The number of amides is 3. The van der Waals surface area contributed by atoms with Crippen LogP contribution in [0.15, 0.2) is 36.4 Å². The van der Waals surface area contributed by atoms with Crippen LogP contribution in [-0.2, 0) is 9.53 Å². The van der Waals surface area contributed by atoms with Crippen molar-refractivity contribution in [1.29, 1.82) is 0 Å². The number of aromatic nitrogens is 1. The molecule has 0 aliphatic carbocycles. The van der Waals surface area contributed by atoms with Gasteiger partial charge in [-0.25, -0.2) is 4.98 Å². The number of thiazole rings is 1. The summed E-state index contributed by atoms with van der Waals surface area (Å²) in [7, 11) is 0. The molecule has 3 heterocycles. The predicted octanol–water partition coefficient (Wildman–Crippen LogP) is 2.66. The maximum atomic E-state index is 12.9. The largest absolute Gasteiger partial charge is 0.378 e. The molecule has 0 spiro atoms. The molecule has 12 heteroatoms. The van der Waals surface area contributed by atoms with Crippen LogP contribution in [0.5, 0.6) is 0 Å². The Labute approximate surface area is 197 Å². The molecule has 1 unspecified atom stereocenters. The van der Waals surface area contributed by atoms with Crippen LogP contribution in [0.4, 0.5) is 16.5 Å². The Hall–Kier alpha value is -3.90. The molecule has 1 atom stereocenters. The van der Waals surface area contributed by atoms with E-state index in [1.54, 1.807) is 18.2 Å². The number of nitrogens with zero attached hydrogens (tertiary/aromatic N) is 4. The van der Waals surface area contributed by atoms with E-state index < -0.39 is 34.4 Å². The second-order valence-corrected chi connectivity index (χ2v) is 8.89. The van der Waals surface area contributed by atoms with Gasteiger partial charge in [-0.15, -0.1) is 0 Å². The zero-order valence-corrected chi connectivity index (χ0v) is 18.8. The van der Waals surface area contributed by atoms with Crippen molar-refractivity contribution in [3.05, 3.63) is 57.6 Å². The third kappa shape index (κ3) is 3.66. The highest BCUT2D eigenvalue weighted by molar-refractivity contribution is 7.22. The van der Waals surface area contributed by atoms with Crippen molar-refractivity contribution in [2.75, 3.05) is 36.5 Å². The molecule has 1 N–H and O–H groups in total. The highest BCUT2D eigenvalue weighted by Gasteiger charge is 2.44. The van der Waals surface area contributed by atoms with Crippen LogP contribution in [-0.4, -0.2) is 64.9 Å². The Morgan fingerprint density at radius 1 is 1.21 bits per heavy atom. The minimum atomic E-state index is -1.17. The number of nitrogens with one attached hydrogen (secondary N) is 1. The normalized spacial score (nSPS) is 16.6. The van der Waals surface area contributed by atoms with E-state index in [1.807, 2.05) is 0 Å². The molecule has 5 rings (SSSR count). The Bertz CT molecular complexity index is 1350. The van der Waals surface area contributed by atoms with Crippen LogP contribution in [0.1, 0.15) is 27.6 Å². The van der Waals surface area contributed by atoms with Crippen LogP contribution in [0.25, 0.3) is 10.2 Å². The first kappa shape index (κ1) is 21.9. The van der Waals surface area contributed by atoms with Crippen molar-refractivity contribution in [2.24, 2.45) is 0 Å². The van der Waals surface area contributed by atoms with E-state index in [-0.39, 0.29) is 11.1 Å². The van der Waals surface area contributed by atoms with Gasteiger partial charge in [0, 0.05) is 24.8 Å². The van der Waals surface area contributed by atoms with Gasteiger partial charge >= 0.3 is 0 Å². The van der Waals surface area contributed by atoms with Gasteiger partial charge in [0.05, 0.1) is 33.9 Å². The van der Waals surface area contributed by atoms with Crippen LogP contribution in [0.2, 0.25) is 0 Å². The number of benzene rings is 2. The van der Waals surface area contributed by atoms with Gasteiger partial charge in [-0.3, -0.25) is 29.4 Å². The second kappa shape index (κ2) is 8.47. The standard InChI is InChI=1S/C22H19N5O6S/c1-12(26-20(29)14-3-2-4-16(27(31)32)18(14)21(26)30)19(28)23-13-5-6-15-17(11-13)34-22(24-15)25-7-9-33-10-8-25/h2-6,11-12H,7-10H2,1H3,(H,23,28). The number of hydrogen-bond acceptors (Lipinski definition) is 9. The van der Waals surface area contributed by atoms with Gasteiger partial charge in [0.1, 0.15) is 11.6 Å². The summed E-state index contributed by atoms with van der Waals surface area (Å²) in [6.45, 7) is 4.23. The SMILES string of the molecule is CC(C(=O)Nc1ccc2nc(N3CCOCC3)sc2c1)N1C(=O)c2cccc([N+](=O)[O-])c2C1=O. The number of hydrogen-bond donors (Lipinski definition) is 1.